The summed E-state index contributed by atoms with van der Waals surface area (Å²) >= 11 is 7.38. The van der Waals surface area contributed by atoms with E-state index in [-0.39, 0.29) is 5.91 Å². The van der Waals surface area contributed by atoms with Crippen LogP contribution in [0.15, 0.2) is 36.4 Å². The van der Waals surface area contributed by atoms with Crippen LogP contribution in [0.3, 0.4) is 0 Å². The molecule has 1 amide bonds. The quantitative estimate of drug-likeness (QED) is 0.857. The lowest BCUT2D eigenvalue weighted by molar-refractivity contribution is 0.0955. The topological polar surface area (TPSA) is 55.1 Å². The Morgan fingerprint density at radius 1 is 1.30 bits per heavy atom. The van der Waals surface area contributed by atoms with Gasteiger partial charge in [0.15, 0.2) is 0 Å². The summed E-state index contributed by atoms with van der Waals surface area (Å²) in [7, 11) is 0. The van der Waals surface area contributed by atoms with Crippen LogP contribution in [-0.4, -0.2) is 12.5 Å². The lowest BCUT2D eigenvalue weighted by Gasteiger charge is -2.05. The highest BCUT2D eigenvalue weighted by Gasteiger charge is 2.09. The second-order valence-electron chi connectivity index (χ2n) is 3.94. The molecule has 0 aliphatic carbocycles. The van der Waals surface area contributed by atoms with Gasteiger partial charge in [0.25, 0.3) is 5.91 Å². The molecule has 2 aromatic rings. The van der Waals surface area contributed by atoms with Crippen LogP contribution in [0.4, 0.5) is 0 Å². The Bertz CT molecular complexity index is 670. The average Bonchev–Trinajstić information content (AvgIpc) is 2.93. The van der Waals surface area contributed by atoms with Crippen LogP contribution in [0.5, 0.6) is 0 Å². The second kappa shape index (κ2) is 7.11. The van der Waals surface area contributed by atoms with Crippen LogP contribution in [0.2, 0.25) is 5.02 Å². The standard InChI is InChI=1S/C15H13ClN2OS/c16-13-6-2-1-4-11(13)10-18-15(19)14-8-7-12(20-14)5-3-9-17/h1-2,4,6-8H,9-10,17H2,(H,18,19). The maximum Gasteiger partial charge on any atom is 0.261 e. The van der Waals surface area contributed by atoms with Crippen molar-refractivity contribution in [3.8, 4) is 11.8 Å². The molecule has 0 saturated heterocycles. The van der Waals surface area contributed by atoms with E-state index in [1.165, 1.54) is 11.3 Å². The minimum Gasteiger partial charge on any atom is -0.347 e. The number of benzene rings is 1. The highest BCUT2D eigenvalue weighted by Crippen LogP contribution is 2.17. The molecule has 0 bridgehead atoms. The molecular formula is C15H13ClN2OS. The summed E-state index contributed by atoms with van der Waals surface area (Å²) in [6, 6.07) is 11.0. The number of amides is 1. The maximum absolute atomic E-state index is 12.0. The van der Waals surface area contributed by atoms with Gasteiger partial charge in [-0.25, -0.2) is 0 Å². The first kappa shape index (κ1) is 14.6. The number of carbonyl (C=O) groups is 1. The third-order valence-corrected chi connectivity index (χ3v) is 3.91. The Balaban J connectivity index is 1.98. The minimum atomic E-state index is -0.129. The SMILES string of the molecule is NCC#Cc1ccc(C(=O)NCc2ccccc2Cl)s1. The first-order valence-corrected chi connectivity index (χ1v) is 7.20. The van der Waals surface area contributed by atoms with Gasteiger partial charge in [-0.2, -0.15) is 0 Å². The van der Waals surface area contributed by atoms with E-state index in [9.17, 15) is 4.79 Å². The number of nitrogens with one attached hydrogen (secondary N) is 1. The number of halogens is 1. The highest BCUT2D eigenvalue weighted by atomic mass is 35.5. The van der Waals surface area contributed by atoms with Crippen molar-refractivity contribution in [3.05, 3.63) is 56.7 Å². The summed E-state index contributed by atoms with van der Waals surface area (Å²) in [4.78, 5) is 13.5. The van der Waals surface area contributed by atoms with Crippen molar-refractivity contribution in [1.82, 2.24) is 5.32 Å². The Morgan fingerprint density at radius 2 is 2.10 bits per heavy atom. The molecule has 0 spiro atoms. The highest BCUT2D eigenvalue weighted by molar-refractivity contribution is 7.14. The Hall–Kier alpha value is -1.80. The molecule has 20 heavy (non-hydrogen) atoms. The fraction of sp³-hybridized carbons (Fsp3) is 0.133. The van der Waals surface area contributed by atoms with Gasteiger partial charge in [-0.15, -0.1) is 11.3 Å². The zero-order valence-electron chi connectivity index (χ0n) is 10.7. The predicted octanol–water partition coefficient (Wildman–Crippen LogP) is 2.64. The van der Waals surface area contributed by atoms with E-state index in [2.05, 4.69) is 17.2 Å². The lowest BCUT2D eigenvalue weighted by atomic mass is 10.2. The van der Waals surface area contributed by atoms with Crippen molar-refractivity contribution < 1.29 is 4.79 Å². The largest absolute Gasteiger partial charge is 0.347 e. The zero-order valence-corrected chi connectivity index (χ0v) is 12.2. The van der Waals surface area contributed by atoms with Gasteiger partial charge in [-0.1, -0.05) is 41.6 Å². The molecule has 1 heterocycles. The number of nitrogens with two attached hydrogens (primary N) is 1. The first-order chi connectivity index (χ1) is 9.70. The molecule has 1 aromatic carbocycles. The molecular weight excluding hydrogens is 292 g/mol. The van der Waals surface area contributed by atoms with Crippen LogP contribution in [0.25, 0.3) is 0 Å². The van der Waals surface area contributed by atoms with Gasteiger partial charge in [0.2, 0.25) is 0 Å². The van der Waals surface area contributed by atoms with Crippen LogP contribution in [0.1, 0.15) is 20.1 Å². The summed E-state index contributed by atoms with van der Waals surface area (Å²) in [6.45, 7) is 0.714. The van der Waals surface area contributed by atoms with E-state index in [1.807, 2.05) is 24.3 Å². The van der Waals surface area contributed by atoms with E-state index >= 15 is 0 Å². The first-order valence-electron chi connectivity index (χ1n) is 6.01. The number of carbonyl (C=O) groups excluding carboxylic acids is 1. The number of hydrogen-bond acceptors (Lipinski definition) is 3. The smallest absolute Gasteiger partial charge is 0.261 e. The van der Waals surface area contributed by atoms with E-state index in [4.69, 9.17) is 17.3 Å². The van der Waals surface area contributed by atoms with Gasteiger partial charge >= 0.3 is 0 Å². The fourth-order valence-corrected chi connectivity index (χ4v) is 2.57. The van der Waals surface area contributed by atoms with Gasteiger partial charge < -0.3 is 11.1 Å². The van der Waals surface area contributed by atoms with E-state index in [0.29, 0.717) is 23.0 Å². The minimum absolute atomic E-state index is 0.129. The Morgan fingerprint density at radius 3 is 2.85 bits per heavy atom. The van der Waals surface area contributed by atoms with Crippen LogP contribution < -0.4 is 11.1 Å². The molecule has 0 aliphatic rings. The maximum atomic E-state index is 12.0. The van der Waals surface area contributed by atoms with Crippen molar-refractivity contribution >= 4 is 28.8 Å². The van der Waals surface area contributed by atoms with Crippen molar-refractivity contribution in [2.24, 2.45) is 5.73 Å². The van der Waals surface area contributed by atoms with Crippen molar-refractivity contribution in [2.45, 2.75) is 6.54 Å². The van der Waals surface area contributed by atoms with Gasteiger partial charge in [0.05, 0.1) is 16.3 Å². The third-order valence-electron chi connectivity index (χ3n) is 2.54. The monoisotopic (exact) mass is 304 g/mol. The van der Waals surface area contributed by atoms with Crippen molar-refractivity contribution in [1.29, 1.82) is 0 Å². The summed E-state index contributed by atoms with van der Waals surface area (Å²) in [6.07, 6.45) is 0. The Labute approximate surface area is 126 Å². The molecule has 0 unspecified atom stereocenters. The van der Waals surface area contributed by atoms with E-state index in [1.54, 1.807) is 12.1 Å². The van der Waals surface area contributed by atoms with Gasteiger partial charge in [-0.05, 0) is 23.8 Å². The molecule has 5 heteroatoms. The van der Waals surface area contributed by atoms with E-state index in [0.717, 1.165) is 10.4 Å². The van der Waals surface area contributed by atoms with Gasteiger partial charge in [-0.3, -0.25) is 4.79 Å². The van der Waals surface area contributed by atoms with Crippen molar-refractivity contribution in [2.75, 3.05) is 6.54 Å². The fourth-order valence-electron chi connectivity index (χ4n) is 1.57. The van der Waals surface area contributed by atoms with Crippen LogP contribution in [-0.2, 0) is 6.54 Å². The summed E-state index contributed by atoms with van der Waals surface area (Å²) < 4.78 is 0. The summed E-state index contributed by atoms with van der Waals surface area (Å²) in [5.41, 5.74) is 6.20. The molecule has 0 atom stereocenters. The average molecular weight is 305 g/mol. The normalized spacial score (nSPS) is 9.70. The third kappa shape index (κ3) is 3.84. The number of rotatable bonds is 3. The molecule has 0 radical (unpaired) electrons. The summed E-state index contributed by atoms with van der Waals surface area (Å²) in [5.74, 6) is 5.54. The van der Waals surface area contributed by atoms with Crippen LogP contribution in [0, 0.1) is 11.8 Å². The molecule has 0 aliphatic heterocycles. The molecule has 0 fully saturated rings. The second-order valence-corrected chi connectivity index (χ2v) is 5.43. The zero-order chi connectivity index (χ0) is 14.4. The van der Waals surface area contributed by atoms with Gasteiger partial charge in [0.1, 0.15) is 0 Å². The lowest BCUT2D eigenvalue weighted by Crippen LogP contribution is -2.21. The van der Waals surface area contributed by atoms with E-state index < -0.39 is 0 Å². The molecule has 3 nitrogen and oxygen atoms in total. The summed E-state index contributed by atoms with van der Waals surface area (Å²) in [5, 5.41) is 3.49. The van der Waals surface area contributed by atoms with Crippen LogP contribution >= 0.6 is 22.9 Å². The molecule has 2 rings (SSSR count). The molecule has 1 aromatic heterocycles. The molecule has 3 N–H and O–H groups in total. The molecule has 102 valence electrons. The molecule has 0 saturated carbocycles. The predicted molar refractivity (Wildman–Crippen MR) is 82.9 cm³/mol. The van der Waals surface area contributed by atoms with Gasteiger partial charge in [0, 0.05) is 11.6 Å². The Kier molecular flexibility index (Phi) is 5.19. The van der Waals surface area contributed by atoms with Crippen molar-refractivity contribution in [3.63, 3.8) is 0 Å². The number of hydrogen-bond donors (Lipinski definition) is 2. The number of thiophene rings is 1.